The SMILES string of the molecule is NC(=S)Cc1nc2ccccc2n1CCC(F)(F)F. The number of nitrogens with zero attached hydrogens (tertiary/aromatic N) is 2. The van der Waals surface area contributed by atoms with E-state index in [0.717, 1.165) is 0 Å². The van der Waals surface area contributed by atoms with Gasteiger partial charge >= 0.3 is 6.18 Å². The van der Waals surface area contributed by atoms with Gasteiger partial charge in [0.1, 0.15) is 5.82 Å². The number of thiocarbonyl (C=S) groups is 1. The minimum absolute atomic E-state index is 0.179. The summed E-state index contributed by atoms with van der Waals surface area (Å²) in [5, 5.41) is 0. The maximum atomic E-state index is 12.4. The highest BCUT2D eigenvalue weighted by molar-refractivity contribution is 7.80. The first kappa shape index (κ1) is 13.8. The molecule has 7 heteroatoms. The van der Waals surface area contributed by atoms with Crippen LogP contribution in [0.25, 0.3) is 11.0 Å². The topological polar surface area (TPSA) is 43.8 Å². The molecule has 0 atom stereocenters. The van der Waals surface area contributed by atoms with E-state index in [1.807, 2.05) is 0 Å². The predicted octanol–water partition coefficient (Wildman–Crippen LogP) is 2.82. The summed E-state index contributed by atoms with van der Waals surface area (Å²) in [7, 11) is 0. The minimum atomic E-state index is -4.20. The lowest BCUT2D eigenvalue weighted by molar-refractivity contribution is -0.136. The second-order valence-electron chi connectivity index (χ2n) is 4.18. The van der Waals surface area contributed by atoms with Gasteiger partial charge in [-0.1, -0.05) is 24.4 Å². The molecular weight excluding hydrogens is 275 g/mol. The van der Waals surface area contributed by atoms with E-state index in [9.17, 15) is 13.2 Å². The summed E-state index contributed by atoms with van der Waals surface area (Å²) in [5.74, 6) is 0.470. The zero-order valence-electron chi connectivity index (χ0n) is 9.94. The first-order chi connectivity index (χ1) is 8.87. The molecule has 0 amide bonds. The average Bonchev–Trinajstić information content (AvgIpc) is 2.61. The minimum Gasteiger partial charge on any atom is -0.393 e. The standard InChI is InChI=1S/C12H12F3N3S/c13-12(14,15)5-6-18-9-4-2-1-3-8(9)17-11(18)7-10(16)19/h1-4H,5-7H2,(H2,16,19). The zero-order chi connectivity index (χ0) is 14.0. The van der Waals surface area contributed by atoms with Gasteiger partial charge in [0.2, 0.25) is 0 Å². The van der Waals surface area contributed by atoms with Gasteiger partial charge in [0, 0.05) is 6.54 Å². The lowest BCUT2D eigenvalue weighted by atomic mass is 10.3. The van der Waals surface area contributed by atoms with Gasteiger partial charge in [0.25, 0.3) is 0 Å². The molecule has 0 bridgehead atoms. The van der Waals surface area contributed by atoms with Crippen LogP contribution in [0.5, 0.6) is 0 Å². The van der Waals surface area contributed by atoms with Gasteiger partial charge in [-0.25, -0.2) is 4.98 Å². The normalized spacial score (nSPS) is 11.9. The third-order valence-electron chi connectivity index (χ3n) is 2.68. The first-order valence-corrected chi connectivity index (χ1v) is 6.07. The number of alkyl halides is 3. The van der Waals surface area contributed by atoms with Crippen LogP contribution >= 0.6 is 12.2 Å². The molecule has 102 valence electrons. The van der Waals surface area contributed by atoms with Crippen molar-refractivity contribution >= 4 is 28.2 Å². The molecule has 3 nitrogen and oxygen atoms in total. The summed E-state index contributed by atoms with van der Waals surface area (Å²) in [5.41, 5.74) is 6.77. The Labute approximate surface area is 113 Å². The molecule has 0 unspecified atom stereocenters. The van der Waals surface area contributed by atoms with Crippen molar-refractivity contribution < 1.29 is 13.2 Å². The maximum absolute atomic E-state index is 12.4. The molecule has 0 aliphatic rings. The number of hydrogen-bond donors (Lipinski definition) is 1. The second-order valence-corrected chi connectivity index (χ2v) is 4.70. The van der Waals surface area contributed by atoms with Crippen LogP contribution in [0.4, 0.5) is 13.2 Å². The maximum Gasteiger partial charge on any atom is 0.390 e. The number of imidazole rings is 1. The van der Waals surface area contributed by atoms with Crippen molar-refractivity contribution in [2.75, 3.05) is 0 Å². The molecule has 2 rings (SSSR count). The lowest BCUT2D eigenvalue weighted by Gasteiger charge is -2.10. The number of rotatable bonds is 4. The summed E-state index contributed by atoms with van der Waals surface area (Å²) in [6.07, 6.45) is -4.91. The first-order valence-electron chi connectivity index (χ1n) is 5.66. The number of para-hydroxylation sites is 2. The van der Waals surface area contributed by atoms with Gasteiger partial charge in [-0.3, -0.25) is 0 Å². The molecular formula is C12H12F3N3S. The molecule has 19 heavy (non-hydrogen) atoms. The quantitative estimate of drug-likeness (QED) is 0.879. The number of aryl methyl sites for hydroxylation is 1. The summed E-state index contributed by atoms with van der Waals surface area (Å²) >= 11 is 4.80. The molecule has 0 radical (unpaired) electrons. The third kappa shape index (κ3) is 3.44. The Morgan fingerprint density at radius 2 is 2.00 bits per heavy atom. The lowest BCUT2D eigenvalue weighted by Crippen LogP contribution is -2.18. The van der Waals surface area contributed by atoms with E-state index in [-0.39, 0.29) is 18.0 Å². The fourth-order valence-corrected chi connectivity index (χ4v) is 2.03. The Kier molecular flexibility index (Phi) is 3.75. The molecule has 1 aromatic carbocycles. The van der Waals surface area contributed by atoms with E-state index in [1.54, 1.807) is 24.3 Å². The van der Waals surface area contributed by atoms with E-state index in [4.69, 9.17) is 18.0 Å². The van der Waals surface area contributed by atoms with E-state index in [1.165, 1.54) is 4.57 Å². The highest BCUT2D eigenvalue weighted by Gasteiger charge is 2.27. The number of nitrogens with two attached hydrogens (primary N) is 1. The number of aromatic nitrogens is 2. The molecule has 2 N–H and O–H groups in total. The number of hydrogen-bond acceptors (Lipinski definition) is 2. The molecule has 1 heterocycles. The van der Waals surface area contributed by atoms with Gasteiger partial charge in [-0.05, 0) is 12.1 Å². The van der Waals surface area contributed by atoms with Crippen LogP contribution in [0.2, 0.25) is 0 Å². The molecule has 0 saturated carbocycles. The molecule has 0 aliphatic carbocycles. The number of benzene rings is 1. The molecule has 0 fully saturated rings. The zero-order valence-corrected chi connectivity index (χ0v) is 10.8. The van der Waals surface area contributed by atoms with Crippen LogP contribution in [0.1, 0.15) is 12.2 Å². The monoisotopic (exact) mass is 287 g/mol. The van der Waals surface area contributed by atoms with E-state index >= 15 is 0 Å². The van der Waals surface area contributed by atoms with Crippen molar-refractivity contribution in [2.45, 2.75) is 25.6 Å². The molecule has 0 aliphatic heterocycles. The molecule has 0 spiro atoms. The summed E-state index contributed by atoms with van der Waals surface area (Å²) in [6.45, 7) is -0.179. The third-order valence-corrected chi connectivity index (χ3v) is 2.83. The predicted molar refractivity (Wildman–Crippen MR) is 70.9 cm³/mol. The van der Waals surface area contributed by atoms with E-state index < -0.39 is 12.6 Å². The second kappa shape index (κ2) is 5.16. The fraction of sp³-hybridized carbons (Fsp3) is 0.333. The fourth-order valence-electron chi connectivity index (χ4n) is 1.90. The Bertz CT molecular complexity index is 604. The molecule has 2 aromatic rings. The van der Waals surface area contributed by atoms with Crippen molar-refractivity contribution in [1.82, 2.24) is 9.55 Å². The average molecular weight is 287 g/mol. The van der Waals surface area contributed by atoms with Crippen LogP contribution in [-0.4, -0.2) is 20.7 Å². The van der Waals surface area contributed by atoms with Gasteiger partial charge in [-0.2, -0.15) is 13.2 Å². The van der Waals surface area contributed by atoms with E-state index in [2.05, 4.69) is 4.98 Å². The highest BCUT2D eigenvalue weighted by Crippen LogP contribution is 2.23. The Balaban J connectivity index is 2.39. The van der Waals surface area contributed by atoms with Crippen molar-refractivity contribution in [3.8, 4) is 0 Å². The van der Waals surface area contributed by atoms with Gasteiger partial charge in [0.05, 0.1) is 28.9 Å². The van der Waals surface area contributed by atoms with Gasteiger partial charge < -0.3 is 10.3 Å². The van der Waals surface area contributed by atoms with Crippen molar-refractivity contribution in [3.05, 3.63) is 30.1 Å². The van der Waals surface area contributed by atoms with Crippen LogP contribution < -0.4 is 5.73 Å². The smallest absolute Gasteiger partial charge is 0.390 e. The van der Waals surface area contributed by atoms with E-state index in [0.29, 0.717) is 16.9 Å². The van der Waals surface area contributed by atoms with Crippen LogP contribution in [-0.2, 0) is 13.0 Å². The Morgan fingerprint density at radius 3 is 2.63 bits per heavy atom. The summed E-state index contributed by atoms with van der Waals surface area (Å²) < 4.78 is 38.6. The largest absolute Gasteiger partial charge is 0.393 e. The van der Waals surface area contributed by atoms with Gasteiger partial charge in [-0.15, -0.1) is 0 Å². The van der Waals surface area contributed by atoms with Crippen molar-refractivity contribution in [3.63, 3.8) is 0 Å². The number of fused-ring (bicyclic) bond motifs is 1. The summed E-state index contributed by atoms with van der Waals surface area (Å²) in [6, 6.07) is 7.04. The van der Waals surface area contributed by atoms with Crippen molar-refractivity contribution in [2.24, 2.45) is 5.73 Å². The van der Waals surface area contributed by atoms with Gasteiger partial charge in [0.15, 0.2) is 0 Å². The molecule has 1 aromatic heterocycles. The Morgan fingerprint density at radius 1 is 1.32 bits per heavy atom. The number of halogens is 3. The van der Waals surface area contributed by atoms with Crippen LogP contribution in [0.15, 0.2) is 24.3 Å². The van der Waals surface area contributed by atoms with Crippen molar-refractivity contribution in [1.29, 1.82) is 0 Å². The van der Waals surface area contributed by atoms with Crippen LogP contribution in [0, 0.1) is 0 Å². The van der Waals surface area contributed by atoms with Crippen LogP contribution in [0.3, 0.4) is 0 Å². The highest BCUT2D eigenvalue weighted by atomic mass is 32.1. The molecule has 0 saturated heterocycles. The summed E-state index contributed by atoms with van der Waals surface area (Å²) in [4.78, 5) is 4.49. The Hall–Kier alpha value is -1.63.